The zero-order chi connectivity index (χ0) is 9.21. The van der Waals surface area contributed by atoms with Crippen molar-refractivity contribution in [3.63, 3.8) is 0 Å². The molecule has 0 fully saturated rings. The van der Waals surface area contributed by atoms with E-state index in [1.54, 1.807) is 0 Å². The van der Waals surface area contributed by atoms with Crippen LogP contribution in [0.5, 0.6) is 0 Å². The summed E-state index contributed by atoms with van der Waals surface area (Å²) in [6, 6.07) is 0. The third-order valence-electron chi connectivity index (χ3n) is 0. The average Bonchev–Trinajstić information content (AvgIpc) is 1.68. The van der Waals surface area contributed by atoms with Crippen LogP contribution in [0.1, 0.15) is 13.8 Å². The van der Waals surface area contributed by atoms with Gasteiger partial charge in [-0.3, -0.25) is 0 Å². The molecule has 1 N–H and O–H groups in total. The van der Waals surface area contributed by atoms with Crippen LogP contribution >= 0.6 is 0 Å². The third-order valence-corrected chi connectivity index (χ3v) is 0. The third kappa shape index (κ3) is 46600. The summed E-state index contributed by atoms with van der Waals surface area (Å²) >= 11 is 0. The number of hydrogen-bond donors (Lipinski definition) is 1. The van der Waals surface area contributed by atoms with E-state index in [4.69, 9.17) is 0 Å². The minimum Gasteiger partial charge on any atom is -0.323 e. The number of rotatable bonds is 0. The summed E-state index contributed by atoms with van der Waals surface area (Å²) in [7, 11) is 1.08. The van der Waals surface area contributed by atoms with Crippen LogP contribution in [-0.4, -0.2) is 35.0 Å². The van der Waals surface area contributed by atoms with Crippen LogP contribution in [0, 0.1) is 0 Å². The molecule has 0 amide bonds. The van der Waals surface area contributed by atoms with Crippen molar-refractivity contribution in [3.05, 3.63) is 0 Å². The molecule has 0 aliphatic heterocycles. The first-order chi connectivity index (χ1) is 4.41. The zero-order valence-corrected chi connectivity index (χ0v) is 8.54. The van der Waals surface area contributed by atoms with E-state index in [9.17, 15) is 8.42 Å². The second kappa shape index (κ2) is 11.7. The molecule has 0 radical (unpaired) electrons. The van der Waals surface area contributed by atoms with E-state index in [-0.39, 0.29) is 0 Å². The van der Waals surface area contributed by atoms with Crippen molar-refractivity contribution in [2.24, 2.45) is 0 Å². The second-order valence-electron chi connectivity index (χ2n) is 1.64. The molecule has 0 bridgehead atoms. The summed E-state index contributed by atoms with van der Waals surface area (Å²) in [5, 5.41) is 2.75. The van der Waals surface area contributed by atoms with Gasteiger partial charge in [-0.1, -0.05) is 13.8 Å². The Labute approximate surface area is 64.8 Å². The maximum Gasteiger partial charge on any atom is 0.144 e. The molecule has 3 nitrogen and oxygen atoms in total. The lowest BCUT2D eigenvalue weighted by Gasteiger charge is -1.69. The Morgan fingerprint density at radius 1 is 1.00 bits per heavy atom. The predicted octanol–water partition coefficient (Wildman–Crippen LogP) is 0.523. The smallest absolute Gasteiger partial charge is 0.144 e. The van der Waals surface area contributed by atoms with Gasteiger partial charge in [0.1, 0.15) is 9.84 Å². The van der Waals surface area contributed by atoms with Gasteiger partial charge >= 0.3 is 0 Å². The fourth-order valence-electron chi connectivity index (χ4n) is 0. The van der Waals surface area contributed by atoms with Crippen LogP contribution in [0.15, 0.2) is 0 Å². The van der Waals surface area contributed by atoms with E-state index in [0.717, 1.165) is 12.5 Å². The normalized spacial score (nSPS) is 8.20. The molecular weight excluding hydrogens is 150 g/mol. The van der Waals surface area contributed by atoms with Gasteiger partial charge in [0, 0.05) is 12.5 Å². The summed E-state index contributed by atoms with van der Waals surface area (Å²) in [5.74, 6) is 0. The lowest BCUT2D eigenvalue weighted by atomic mass is 11.0. The summed E-state index contributed by atoms with van der Waals surface area (Å²) in [6.07, 6.45) is 2.32. The lowest BCUT2D eigenvalue weighted by molar-refractivity contribution is 0.607. The van der Waals surface area contributed by atoms with Gasteiger partial charge in [0.2, 0.25) is 0 Å². The van der Waals surface area contributed by atoms with Gasteiger partial charge in [0.15, 0.2) is 0 Å². The van der Waals surface area contributed by atoms with Gasteiger partial charge in [-0.2, -0.15) is 0 Å². The van der Waals surface area contributed by atoms with Gasteiger partial charge in [0.05, 0.1) is 0 Å². The van der Waals surface area contributed by atoms with Crippen molar-refractivity contribution in [1.82, 2.24) is 5.32 Å². The summed E-state index contributed by atoms with van der Waals surface area (Å²) < 4.78 is 19.3. The van der Waals surface area contributed by atoms with Gasteiger partial charge in [-0.15, -0.1) is 0 Å². The molecule has 0 saturated heterocycles. The highest BCUT2D eigenvalue weighted by Gasteiger charge is 1.79. The van der Waals surface area contributed by atoms with Crippen LogP contribution in [0.3, 0.4) is 0 Å². The monoisotopic (exact) mass is 169 g/mol. The Bertz CT molecular complexity index is 110. The molecule has 0 aliphatic carbocycles. The van der Waals surface area contributed by atoms with Crippen molar-refractivity contribution in [2.45, 2.75) is 13.8 Å². The summed E-state index contributed by atoms with van der Waals surface area (Å²) in [4.78, 5) is 0. The van der Waals surface area contributed by atoms with Crippen LogP contribution in [-0.2, 0) is 9.84 Å². The van der Waals surface area contributed by atoms with Crippen molar-refractivity contribution in [1.29, 1.82) is 0 Å². The first-order valence-electron chi connectivity index (χ1n) is 3.15. The molecule has 0 unspecified atom stereocenters. The molecule has 0 heterocycles. The van der Waals surface area contributed by atoms with E-state index in [1.165, 1.54) is 0 Å². The molecule has 66 valence electrons. The first kappa shape index (κ1) is 16.5. The molecule has 0 atom stereocenters. The van der Waals surface area contributed by atoms with E-state index in [1.807, 2.05) is 27.9 Å². The van der Waals surface area contributed by atoms with E-state index < -0.39 is 9.84 Å². The predicted molar refractivity (Wildman–Crippen MR) is 47.1 cm³/mol. The fourth-order valence-corrected chi connectivity index (χ4v) is 0. The molecule has 0 saturated carbocycles. The van der Waals surface area contributed by atoms with Crippen molar-refractivity contribution in [3.8, 4) is 0 Å². The average molecular weight is 169 g/mol. The number of sulfone groups is 1. The Morgan fingerprint density at radius 3 is 1.00 bits per heavy atom. The molecule has 0 rings (SSSR count). The molecular formula is C6H19NO2S. The van der Waals surface area contributed by atoms with E-state index >= 15 is 0 Å². The minimum absolute atomic E-state index is 1.16. The number of nitrogens with one attached hydrogen (secondary N) is 1. The van der Waals surface area contributed by atoms with Gasteiger partial charge in [0.25, 0.3) is 0 Å². The SMILES string of the molecule is CC.CNC.CS(C)(=O)=O. The molecule has 0 aromatic carbocycles. The van der Waals surface area contributed by atoms with Crippen molar-refractivity contribution >= 4 is 9.84 Å². The topological polar surface area (TPSA) is 46.2 Å². The maximum atomic E-state index is 9.63. The van der Waals surface area contributed by atoms with Crippen molar-refractivity contribution in [2.75, 3.05) is 26.6 Å². The van der Waals surface area contributed by atoms with Gasteiger partial charge in [-0.05, 0) is 14.1 Å². The van der Waals surface area contributed by atoms with Gasteiger partial charge in [-0.25, -0.2) is 8.42 Å². The lowest BCUT2D eigenvalue weighted by Crippen LogP contribution is -1.89. The maximum absolute atomic E-state index is 9.63. The van der Waals surface area contributed by atoms with Crippen molar-refractivity contribution < 1.29 is 8.42 Å². The highest BCUT2D eigenvalue weighted by Crippen LogP contribution is 1.61. The Hall–Kier alpha value is -0.0900. The quantitative estimate of drug-likeness (QED) is 0.575. The molecule has 4 heteroatoms. The second-order valence-corrected chi connectivity index (χ2v) is 3.93. The zero-order valence-electron chi connectivity index (χ0n) is 7.72. The molecule has 0 aromatic heterocycles. The van der Waals surface area contributed by atoms with Crippen LogP contribution in [0.2, 0.25) is 0 Å². The highest BCUT2D eigenvalue weighted by atomic mass is 32.2. The Balaban J connectivity index is -0.0000000847. The van der Waals surface area contributed by atoms with E-state index in [2.05, 4.69) is 5.32 Å². The Morgan fingerprint density at radius 2 is 1.00 bits per heavy atom. The largest absolute Gasteiger partial charge is 0.323 e. The number of hydrogen-bond acceptors (Lipinski definition) is 3. The fraction of sp³-hybridized carbons (Fsp3) is 1.00. The Kier molecular flexibility index (Phi) is 19.2. The van der Waals surface area contributed by atoms with Crippen LogP contribution < -0.4 is 5.32 Å². The minimum atomic E-state index is -2.67. The van der Waals surface area contributed by atoms with E-state index in [0.29, 0.717) is 0 Å². The molecule has 0 spiro atoms. The van der Waals surface area contributed by atoms with Crippen LogP contribution in [0.25, 0.3) is 0 Å². The first-order valence-corrected chi connectivity index (χ1v) is 5.45. The van der Waals surface area contributed by atoms with Crippen LogP contribution in [0.4, 0.5) is 0 Å². The standard InChI is InChI=1S/C2H7N.C2H6O2S.C2H6/c1-3-2;1-5(2,3)4;1-2/h3H,1-2H3;1-2H3;1-2H3. The molecule has 10 heavy (non-hydrogen) atoms. The molecule has 0 aliphatic rings. The molecule has 0 aromatic rings. The highest BCUT2D eigenvalue weighted by molar-refractivity contribution is 7.89. The summed E-state index contributed by atoms with van der Waals surface area (Å²) in [5.41, 5.74) is 0. The van der Waals surface area contributed by atoms with Gasteiger partial charge < -0.3 is 5.32 Å². The summed E-state index contributed by atoms with van der Waals surface area (Å²) in [6.45, 7) is 4.00.